The Kier molecular flexibility index (Phi) is 9.79. The number of nitrogens with one attached hydrogen (secondary N) is 2. The molecule has 2 aromatic carbocycles. The van der Waals surface area contributed by atoms with E-state index in [9.17, 15) is 14.4 Å². The van der Waals surface area contributed by atoms with Crippen LogP contribution in [0.5, 0.6) is 0 Å². The molecule has 2 aromatic rings. The Morgan fingerprint density at radius 1 is 0.853 bits per heavy atom. The molecule has 6 N–H and O–H groups in total. The van der Waals surface area contributed by atoms with Crippen LogP contribution in [-0.2, 0) is 9.59 Å². The SMILES string of the molecule is NCCCC[C@@H](NC(=O)C1CCC(CN)CC1)C(=O)Nc1ccc(C(=O)c2ccccc2)cc1. The fourth-order valence-corrected chi connectivity index (χ4v) is 4.40. The second-order valence-electron chi connectivity index (χ2n) is 9.06. The summed E-state index contributed by atoms with van der Waals surface area (Å²) >= 11 is 0. The highest BCUT2D eigenvalue weighted by atomic mass is 16.2. The van der Waals surface area contributed by atoms with E-state index in [4.69, 9.17) is 11.5 Å². The molecule has 182 valence electrons. The van der Waals surface area contributed by atoms with Crippen LogP contribution in [0.1, 0.15) is 60.9 Å². The van der Waals surface area contributed by atoms with Gasteiger partial charge in [-0.15, -0.1) is 0 Å². The summed E-state index contributed by atoms with van der Waals surface area (Å²) in [5.74, 6) is 0.0189. The average molecular weight is 465 g/mol. The highest BCUT2D eigenvalue weighted by molar-refractivity contribution is 6.09. The van der Waals surface area contributed by atoms with E-state index < -0.39 is 6.04 Å². The zero-order valence-electron chi connectivity index (χ0n) is 19.7. The van der Waals surface area contributed by atoms with Crippen LogP contribution in [0.3, 0.4) is 0 Å². The standard InChI is InChI=1S/C27H36N4O3/c28-17-5-4-8-24(31-26(33)22-11-9-19(18-29)10-12-22)27(34)30-23-15-13-21(14-16-23)25(32)20-6-2-1-3-7-20/h1-3,6-7,13-16,19,22,24H,4-5,8-12,17-18,28-29H2,(H,30,34)(H,31,33)/t19?,22?,24-/m1/s1. The molecule has 0 aromatic heterocycles. The second kappa shape index (κ2) is 13.0. The fourth-order valence-electron chi connectivity index (χ4n) is 4.40. The van der Waals surface area contributed by atoms with E-state index >= 15 is 0 Å². The summed E-state index contributed by atoms with van der Waals surface area (Å²) in [6.07, 6.45) is 5.58. The van der Waals surface area contributed by atoms with Crippen LogP contribution in [-0.4, -0.2) is 36.7 Å². The third-order valence-corrected chi connectivity index (χ3v) is 6.58. The number of amides is 2. The summed E-state index contributed by atoms with van der Waals surface area (Å²) in [5, 5.41) is 5.86. The summed E-state index contributed by atoms with van der Waals surface area (Å²) < 4.78 is 0. The Hall–Kier alpha value is -3.03. The van der Waals surface area contributed by atoms with Crippen LogP contribution in [0.2, 0.25) is 0 Å². The first-order valence-corrected chi connectivity index (χ1v) is 12.2. The molecule has 0 heterocycles. The van der Waals surface area contributed by atoms with Gasteiger partial charge in [0.2, 0.25) is 11.8 Å². The van der Waals surface area contributed by atoms with Gasteiger partial charge in [0.15, 0.2) is 5.78 Å². The molecule has 7 nitrogen and oxygen atoms in total. The first kappa shape index (κ1) is 25.6. The lowest BCUT2D eigenvalue weighted by Crippen LogP contribution is -2.46. The lowest BCUT2D eigenvalue weighted by atomic mass is 9.81. The van der Waals surface area contributed by atoms with Gasteiger partial charge in [0.1, 0.15) is 6.04 Å². The summed E-state index contributed by atoms with van der Waals surface area (Å²) in [7, 11) is 0. The maximum absolute atomic E-state index is 13.0. The number of anilines is 1. The minimum Gasteiger partial charge on any atom is -0.344 e. The number of nitrogens with two attached hydrogens (primary N) is 2. The van der Waals surface area contributed by atoms with E-state index in [1.165, 1.54) is 0 Å². The van der Waals surface area contributed by atoms with Crippen molar-refractivity contribution in [3.63, 3.8) is 0 Å². The van der Waals surface area contributed by atoms with E-state index in [2.05, 4.69) is 10.6 Å². The Bertz CT molecular complexity index is 938. The number of carbonyl (C=O) groups excluding carboxylic acids is 3. The third kappa shape index (κ3) is 7.23. The summed E-state index contributed by atoms with van der Waals surface area (Å²) in [5.41, 5.74) is 13.1. The molecule has 2 amide bonds. The van der Waals surface area contributed by atoms with Crippen LogP contribution < -0.4 is 22.1 Å². The van der Waals surface area contributed by atoms with Crippen LogP contribution >= 0.6 is 0 Å². The molecular formula is C27H36N4O3. The van der Waals surface area contributed by atoms with Crippen LogP contribution in [0.15, 0.2) is 54.6 Å². The zero-order chi connectivity index (χ0) is 24.3. The van der Waals surface area contributed by atoms with Gasteiger partial charge in [-0.25, -0.2) is 0 Å². The number of hydrogen-bond acceptors (Lipinski definition) is 5. The van der Waals surface area contributed by atoms with E-state index in [-0.39, 0.29) is 23.5 Å². The van der Waals surface area contributed by atoms with Crippen LogP contribution in [0.25, 0.3) is 0 Å². The fraction of sp³-hybridized carbons (Fsp3) is 0.444. The smallest absolute Gasteiger partial charge is 0.246 e. The van der Waals surface area contributed by atoms with Crippen LogP contribution in [0.4, 0.5) is 5.69 Å². The molecule has 1 aliphatic rings. The minimum absolute atomic E-state index is 0.0628. The molecule has 34 heavy (non-hydrogen) atoms. The van der Waals surface area contributed by atoms with Crippen molar-refractivity contribution in [3.8, 4) is 0 Å². The zero-order valence-corrected chi connectivity index (χ0v) is 19.7. The van der Waals surface area contributed by atoms with Gasteiger partial charge in [-0.1, -0.05) is 30.3 Å². The van der Waals surface area contributed by atoms with Crippen molar-refractivity contribution < 1.29 is 14.4 Å². The molecule has 1 aliphatic carbocycles. The lowest BCUT2D eigenvalue weighted by Gasteiger charge is -2.28. The molecule has 3 rings (SSSR count). The van der Waals surface area contributed by atoms with Crippen molar-refractivity contribution in [2.75, 3.05) is 18.4 Å². The summed E-state index contributed by atoms with van der Waals surface area (Å²) in [6, 6.07) is 15.2. The van der Waals surface area contributed by atoms with Crippen molar-refractivity contribution in [2.45, 2.75) is 51.0 Å². The van der Waals surface area contributed by atoms with Crippen molar-refractivity contribution in [1.82, 2.24) is 5.32 Å². The number of rotatable bonds is 11. The molecule has 1 atom stereocenters. The maximum atomic E-state index is 13.0. The van der Waals surface area contributed by atoms with Crippen LogP contribution in [0, 0.1) is 11.8 Å². The molecule has 0 aliphatic heterocycles. The Morgan fingerprint density at radius 2 is 1.50 bits per heavy atom. The van der Waals surface area contributed by atoms with Gasteiger partial charge < -0.3 is 22.1 Å². The van der Waals surface area contributed by atoms with Gasteiger partial charge in [0.25, 0.3) is 0 Å². The highest BCUT2D eigenvalue weighted by Gasteiger charge is 2.29. The topological polar surface area (TPSA) is 127 Å². The maximum Gasteiger partial charge on any atom is 0.246 e. The number of ketones is 1. The monoisotopic (exact) mass is 464 g/mol. The second-order valence-corrected chi connectivity index (χ2v) is 9.06. The minimum atomic E-state index is -0.628. The number of benzene rings is 2. The van der Waals surface area contributed by atoms with Gasteiger partial charge in [-0.3, -0.25) is 14.4 Å². The van der Waals surface area contributed by atoms with Crippen molar-refractivity contribution >= 4 is 23.3 Å². The molecule has 7 heteroatoms. The third-order valence-electron chi connectivity index (χ3n) is 6.58. The first-order chi connectivity index (χ1) is 16.5. The predicted molar refractivity (Wildman–Crippen MR) is 134 cm³/mol. The highest BCUT2D eigenvalue weighted by Crippen LogP contribution is 2.28. The predicted octanol–water partition coefficient (Wildman–Crippen LogP) is 3.24. The van der Waals surface area contributed by atoms with E-state index in [1.54, 1.807) is 36.4 Å². The molecule has 0 bridgehead atoms. The molecule has 1 fully saturated rings. The molecule has 0 unspecified atom stereocenters. The summed E-state index contributed by atoms with van der Waals surface area (Å²) in [4.78, 5) is 38.5. The number of carbonyl (C=O) groups is 3. The first-order valence-electron chi connectivity index (χ1n) is 12.2. The number of unbranched alkanes of at least 4 members (excludes halogenated alkanes) is 1. The molecule has 0 radical (unpaired) electrons. The number of hydrogen-bond donors (Lipinski definition) is 4. The Morgan fingerprint density at radius 3 is 2.12 bits per heavy atom. The van der Waals surface area contributed by atoms with Gasteiger partial charge >= 0.3 is 0 Å². The van der Waals surface area contributed by atoms with Gasteiger partial charge in [0, 0.05) is 22.7 Å². The molecule has 1 saturated carbocycles. The van der Waals surface area contributed by atoms with E-state index in [0.717, 1.165) is 38.5 Å². The molecule has 0 saturated heterocycles. The van der Waals surface area contributed by atoms with Gasteiger partial charge in [-0.2, -0.15) is 0 Å². The van der Waals surface area contributed by atoms with E-state index in [0.29, 0.717) is 42.2 Å². The lowest BCUT2D eigenvalue weighted by molar-refractivity contribution is -0.130. The van der Waals surface area contributed by atoms with Gasteiger partial charge in [-0.05, 0) is 88.2 Å². The Labute approximate surface area is 201 Å². The normalized spacial score (nSPS) is 18.6. The van der Waals surface area contributed by atoms with Crippen molar-refractivity contribution in [1.29, 1.82) is 0 Å². The van der Waals surface area contributed by atoms with E-state index in [1.807, 2.05) is 18.2 Å². The largest absolute Gasteiger partial charge is 0.344 e. The Balaban J connectivity index is 1.61. The quantitative estimate of drug-likeness (QED) is 0.300. The molecule has 0 spiro atoms. The van der Waals surface area contributed by atoms with Crippen molar-refractivity contribution in [2.24, 2.45) is 23.3 Å². The average Bonchev–Trinajstić information content (AvgIpc) is 2.88. The van der Waals surface area contributed by atoms with Crippen molar-refractivity contribution in [3.05, 3.63) is 65.7 Å². The molecular weight excluding hydrogens is 428 g/mol. The van der Waals surface area contributed by atoms with Gasteiger partial charge in [0.05, 0.1) is 0 Å². The summed E-state index contributed by atoms with van der Waals surface area (Å²) in [6.45, 7) is 1.20.